The van der Waals surface area contributed by atoms with Crippen LogP contribution in [0.5, 0.6) is 0 Å². The number of hydrogen-bond acceptors (Lipinski definition) is 3. The van der Waals surface area contributed by atoms with Crippen LogP contribution in [0.2, 0.25) is 0 Å². The van der Waals surface area contributed by atoms with E-state index in [1.165, 1.54) is 27.1 Å². The molecule has 0 fully saturated rings. The van der Waals surface area contributed by atoms with E-state index in [0.717, 1.165) is 30.5 Å². The molecule has 124 valence electrons. The molecule has 0 amide bonds. The second kappa shape index (κ2) is 8.11. The number of aromatic nitrogens is 1. The average Bonchev–Trinajstić information content (AvgIpc) is 2.89. The molecule has 1 aromatic heterocycles. The highest BCUT2D eigenvalue weighted by atomic mass is 32.1. The third-order valence-electron chi connectivity index (χ3n) is 3.80. The number of hydrogen-bond donors (Lipinski definition) is 2. The Morgan fingerprint density at radius 2 is 1.83 bits per heavy atom. The lowest BCUT2D eigenvalue weighted by molar-refractivity contribution is 0.787. The van der Waals surface area contributed by atoms with E-state index in [1.54, 1.807) is 18.4 Å². The average molecular weight is 331 g/mol. The van der Waals surface area contributed by atoms with E-state index in [9.17, 15) is 0 Å². The highest BCUT2D eigenvalue weighted by Gasteiger charge is 2.05. The summed E-state index contributed by atoms with van der Waals surface area (Å²) in [5, 5.41) is 7.92. The Bertz CT molecular complexity index is 665. The predicted molar refractivity (Wildman–Crippen MR) is 99.4 cm³/mol. The smallest absolute Gasteiger partial charge is 0.191 e. The van der Waals surface area contributed by atoms with Crippen LogP contribution in [0, 0.1) is 27.7 Å². The molecule has 0 saturated heterocycles. The largest absolute Gasteiger partial charge is 0.356 e. The number of rotatable bonds is 5. The Morgan fingerprint density at radius 3 is 2.39 bits per heavy atom. The minimum absolute atomic E-state index is 0.786. The summed E-state index contributed by atoms with van der Waals surface area (Å²) in [6.07, 6.45) is 2.85. The minimum Gasteiger partial charge on any atom is -0.356 e. The fourth-order valence-corrected chi connectivity index (χ4v) is 3.47. The molecule has 23 heavy (non-hydrogen) atoms. The molecule has 0 saturated carbocycles. The van der Waals surface area contributed by atoms with Gasteiger partial charge in [-0.25, -0.2) is 4.98 Å². The van der Waals surface area contributed by atoms with Gasteiger partial charge in [0.15, 0.2) is 5.96 Å². The maximum absolute atomic E-state index is 4.38. The first kappa shape index (κ1) is 17.5. The van der Waals surface area contributed by atoms with Crippen molar-refractivity contribution in [2.45, 2.75) is 40.7 Å². The van der Waals surface area contributed by atoms with Crippen LogP contribution in [-0.4, -0.2) is 24.5 Å². The van der Waals surface area contributed by atoms with Crippen LogP contribution in [0.25, 0.3) is 0 Å². The van der Waals surface area contributed by atoms with Crippen molar-refractivity contribution in [3.8, 4) is 0 Å². The van der Waals surface area contributed by atoms with E-state index in [0.29, 0.717) is 0 Å². The molecule has 5 heteroatoms. The van der Waals surface area contributed by atoms with Gasteiger partial charge in [0, 0.05) is 37.6 Å². The van der Waals surface area contributed by atoms with Crippen molar-refractivity contribution >= 4 is 17.3 Å². The van der Waals surface area contributed by atoms with Gasteiger partial charge >= 0.3 is 0 Å². The van der Waals surface area contributed by atoms with Gasteiger partial charge in [0.2, 0.25) is 0 Å². The quantitative estimate of drug-likeness (QED) is 0.653. The Morgan fingerprint density at radius 1 is 1.13 bits per heavy atom. The SMILES string of the molecule is CN=C(NCCc1ncc(C)s1)NCc1c(C)cc(C)cc1C. The van der Waals surface area contributed by atoms with E-state index in [2.05, 4.69) is 60.4 Å². The van der Waals surface area contributed by atoms with Crippen LogP contribution in [-0.2, 0) is 13.0 Å². The van der Waals surface area contributed by atoms with Crippen molar-refractivity contribution in [1.82, 2.24) is 15.6 Å². The number of nitrogens with one attached hydrogen (secondary N) is 2. The zero-order valence-electron chi connectivity index (χ0n) is 14.7. The molecule has 0 atom stereocenters. The third kappa shape index (κ3) is 5.06. The molecular formula is C18H26N4S. The first-order chi connectivity index (χ1) is 11.0. The molecule has 1 heterocycles. The topological polar surface area (TPSA) is 49.3 Å². The number of thiazole rings is 1. The standard InChI is InChI=1S/C18H26N4S/c1-12-8-13(2)16(14(3)9-12)11-22-18(19-5)20-7-6-17-21-10-15(4)23-17/h8-10H,6-7,11H2,1-5H3,(H2,19,20,22). The van der Waals surface area contributed by atoms with Gasteiger partial charge in [0.1, 0.15) is 0 Å². The molecule has 0 aliphatic carbocycles. The number of aryl methyl sites for hydroxylation is 4. The highest BCUT2D eigenvalue weighted by Crippen LogP contribution is 2.16. The van der Waals surface area contributed by atoms with Crippen LogP contribution in [0.3, 0.4) is 0 Å². The van der Waals surface area contributed by atoms with E-state index in [1.807, 2.05) is 6.20 Å². The number of aliphatic imine (C=N–C) groups is 1. The molecule has 0 spiro atoms. The Balaban J connectivity index is 1.86. The van der Waals surface area contributed by atoms with Gasteiger partial charge in [-0.3, -0.25) is 4.99 Å². The molecule has 2 rings (SSSR count). The van der Waals surface area contributed by atoms with Gasteiger partial charge in [0.05, 0.1) is 5.01 Å². The van der Waals surface area contributed by atoms with E-state index in [-0.39, 0.29) is 0 Å². The van der Waals surface area contributed by atoms with Gasteiger partial charge in [-0.15, -0.1) is 11.3 Å². The summed E-state index contributed by atoms with van der Waals surface area (Å²) >= 11 is 1.75. The molecule has 0 aliphatic rings. The Kier molecular flexibility index (Phi) is 6.16. The summed E-state index contributed by atoms with van der Waals surface area (Å²) < 4.78 is 0. The molecule has 0 bridgehead atoms. The predicted octanol–water partition coefficient (Wildman–Crippen LogP) is 3.28. The van der Waals surface area contributed by atoms with Crippen molar-refractivity contribution in [2.24, 2.45) is 4.99 Å². The van der Waals surface area contributed by atoms with Gasteiger partial charge in [-0.2, -0.15) is 0 Å². The monoisotopic (exact) mass is 330 g/mol. The lowest BCUT2D eigenvalue weighted by atomic mass is 10.00. The summed E-state index contributed by atoms with van der Waals surface area (Å²) in [6, 6.07) is 4.45. The zero-order chi connectivity index (χ0) is 16.8. The van der Waals surface area contributed by atoms with Crippen molar-refractivity contribution in [3.63, 3.8) is 0 Å². The van der Waals surface area contributed by atoms with Gasteiger partial charge in [0.25, 0.3) is 0 Å². The second-order valence-electron chi connectivity index (χ2n) is 5.84. The van der Waals surface area contributed by atoms with E-state index in [4.69, 9.17) is 0 Å². The van der Waals surface area contributed by atoms with Crippen LogP contribution >= 0.6 is 11.3 Å². The lowest BCUT2D eigenvalue weighted by Gasteiger charge is -2.15. The zero-order valence-corrected chi connectivity index (χ0v) is 15.5. The third-order valence-corrected chi connectivity index (χ3v) is 4.77. The van der Waals surface area contributed by atoms with Gasteiger partial charge in [-0.1, -0.05) is 17.7 Å². The van der Waals surface area contributed by atoms with Crippen molar-refractivity contribution in [1.29, 1.82) is 0 Å². The maximum Gasteiger partial charge on any atom is 0.191 e. The summed E-state index contributed by atoms with van der Waals surface area (Å²) in [5.41, 5.74) is 5.30. The summed E-state index contributed by atoms with van der Waals surface area (Å²) in [5.74, 6) is 0.831. The number of benzene rings is 1. The van der Waals surface area contributed by atoms with Crippen molar-refractivity contribution < 1.29 is 0 Å². The minimum atomic E-state index is 0.786. The van der Waals surface area contributed by atoms with Crippen LogP contribution in [0.15, 0.2) is 23.3 Å². The lowest BCUT2D eigenvalue weighted by Crippen LogP contribution is -2.38. The van der Waals surface area contributed by atoms with Crippen molar-refractivity contribution in [2.75, 3.05) is 13.6 Å². The molecule has 0 aliphatic heterocycles. The van der Waals surface area contributed by atoms with Gasteiger partial charge < -0.3 is 10.6 Å². The Hall–Kier alpha value is -1.88. The summed E-state index contributed by atoms with van der Waals surface area (Å²) in [4.78, 5) is 9.93. The first-order valence-corrected chi connectivity index (χ1v) is 8.73. The van der Waals surface area contributed by atoms with Crippen LogP contribution in [0.1, 0.15) is 32.1 Å². The maximum atomic E-state index is 4.38. The molecular weight excluding hydrogens is 304 g/mol. The first-order valence-electron chi connectivity index (χ1n) is 7.92. The van der Waals surface area contributed by atoms with Crippen LogP contribution < -0.4 is 10.6 Å². The molecule has 2 aromatic rings. The Labute approximate surface area is 143 Å². The van der Waals surface area contributed by atoms with Crippen LogP contribution in [0.4, 0.5) is 0 Å². The normalized spacial score (nSPS) is 11.6. The number of guanidine groups is 1. The molecule has 2 N–H and O–H groups in total. The van der Waals surface area contributed by atoms with E-state index < -0.39 is 0 Å². The molecule has 1 aromatic carbocycles. The van der Waals surface area contributed by atoms with E-state index >= 15 is 0 Å². The molecule has 0 unspecified atom stereocenters. The summed E-state index contributed by atoms with van der Waals surface area (Å²) in [6.45, 7) is 10.2. The fraction of sp³-hybridized carbons (Fsp3) is 0.444. The molecule has 0 radical (unpaired) electrons. The van der Waals surface area contributed by atoms with Gasteiger partial charge in [-0.05, 0) is 44.4 Å². The highest BCUT2D eigenvalue weighted by molar-refractivity contribution is 7.11. The molecule has 4 nitrogen and oxygen atoms in total. The fourth-order valence-electron chi connectivity index (χ4n) is 2.69. The second-order valence-corrected chi connectivity index (χ2v) is 7.16. The van der Waals surface area contributed by atoms with Crippen molar-refractivity contribution in [3.05, 3.63) is 50.5 Å². The summed E-state index contributed by atoms with van der Waals surface area (Å²) in [7, 11) is 1.80. The number of nitrogens with zero attached hydrogens (tertiary/aromatic N) is 2.